The summed E-state index contributed by atoms with van der Waals surface area (Å²) in [7, 11) is 1.35. The highest BCUT2D eigenvalue weighted by molar-refractivity contribution is 5.69. The van der Waals surface area contributed by atoms with Crippen LogP contribution in [0.4, 0.5) is 0 Å². The predicted octanol–water partition coefficient (Wildman–Crippen LogP) is 2.63. The molecule has 2 rings (SSSR count). The number of carbonyl (C=O) groups excluding carboxylic acids is 1. The van der Waals surface area contributed by atoms with E-state index in [0.717, 1.165) is 17.7 Å². The molecule has 0 radical (unpaired) electrons. The number of aryl methyl sites for hydroxylation is 1. The third kappa shape index (κ3) is 4.30. The van der Waals surface area contributed by atoms with Crippen molar-refractivity contribution >= 4 is 5.97 Å². The number of hydrogen-bond donors (Lipinski definition) is 0. The van der Waals surface area contributed by atoms with E-state index < -0.39 is 0 Å². The molecular formula is C15H18N2O4. The SMILES string of the molecule is CCCOc1ccc(-c2noc(CCC(=O)OC)n2)cc1. The second-order valence-electron chi connectivity index (χ2n) is 4.46. The maximum Gasteiger partial charge on any atom is 0.306 e. The lowest BCUT2D eigenvalue weighted by Crippen LogP contribution is -2.01. The molecule has 1 aromatic heterocycles. The van der Waals surface area contributed by atoms with Crippen molar-refractivity contribution in [3.63, 3.8) is 0 Å². The zero-order valence-electron chi connectivity index (χ0n) is 12.2. The van der Waals surface area contributed by atoms with Crippen LogP contribution in [0, 0.1) is 0 Å². The maximum atomic E-state index is 11.1. The molecule has 0 atom stereocenters. The molecule has 0 saturated heterocycles. The largest absolute Gasteiger partial charge is 0.494 e. The maximum absolute atomic E-state index is 11.1. The van der Waals surface area contributed by atoms with Gasteiger partial charge in [-0.05, 0) is 30.7 Å². The fraction of sp³-hybridized carbons (Fsp3) is 0.400. The fourth-order valence-electron chi connectivity index (χ4n) is 1.70. The Kier molecular flexibility index (Phi) is 5.31. The lowest BCUT2D eigenvalue weighted by Gasteiger charge is -2.03. The van der Waals surface area contributed by atoms with Crippen molar-refractivity contribution < 1.29 is 18.8 Å². The first-order chi connectivity index (χ1) is 10.2. The normalized spacial score (nSPS) is 10.4. The molecule has 1 aromatic carbocycles. The Morgan fingerprint density at radius 1 is 1.29 bits per heavy atom. The topological polar surface area (TPSA) is 74.5 Å². The summed E-state index contributed by atoms with van der Waals surface area (Å²) in [6, 6.07) is 7.49. The third-order valence-corrected chi connectivity index (χ3v) is 2.82. The van der Waals surface area contributed by atoms with Crippen LogP contribution in [0.1, 0.15) is 25.7 Å². The third-order valence-electron chi connectivity index (χ3n) is 2.82. The summed E-state index contributed by atoms with van der Waals surface area (Å²) in [5, 5.41) is 3.90. The van der Waals surface area contributed by atoms with Gasteiger partial charge in [-0.1, -0.05) is 12.1 Å². The zero-order chi connectivity index (χ0) is 15.1. The van der Waals surface area contributed by atoms with Gasteiger partial charge >= 0.3 is 5.97 Å². The number of esters is 1. The van der Waals surface area contributed by atoms with E-state index in [1.54, 1.807) is 0 Å². The molecule has 0 aliphatic carbocycles. The molecule has 0 amide bonds. The van der Waals surface area contributed by atoms with Gasteiger partial charge < -0.3 is 14.0 Å². The standard InChI is InChI=1S/C15H18N2O4/c1-3-10-20-12-6-4-11(5-7-12)15-16-13(21-17-15)8-9-14(18)19-2/h4-7H,3,8-10H2,1-2H3. The molecule has 112 valence electrons. The van der Waals surface area contributed by atoms with Gasteiger partial charge in [0.2, 0.25) is 11.7 Å². The van der Waals surface area contributed by atoms with Crippen LogP contribution in [0.25, 0.3) is 11.4 Å². The van der Waals surface area contributed by atoms with Gasteiger partial charge in [-0.2, -0.15) is 4.98 Å². The highest BCUT2D eigenvalue weighted by atomic mass is 16.5. The highest BCUT2D eigenvalue weighted by Gasteiger charge is 2.10. The Balaban J connectivity index is 1.98. The number of ether oxygens (including phenoxy) is 2. The van der Waals surface area contributed by atoms with E-state index in [2.05, 4.69) is 21.8 Å². The number of nitrogens with zero attached hydrogens (tertiary/aromatic N) is 2. The van der Waals surface area contributed by atoms with Crippen LogP contribution in [0.5, 0.6) is 5.75 Å². The van der Waals surface area contributed by atoms with E-state index >= 15 is 0 Å². The summed E-state index contributed by atoms with van der Waals surface area (Å²) >= 11 is 0. The minimum absolute atomic E-state index is 0.224. The van der Waals surface area contributed by atoms with Gasteiger partial charge in [0.05, 0.1) is 20.1 Å². The van der Waals surface area contributed by atoms with Gasteiger partial charge in [0.15, 0.2) is 0 Å². The second-order valence-corrected chi connectivity index (χ2v) is 4.46. The number of carbonyl (C=O) groups is 1. The van der Waals surface area contributed by atoms with Crippen LogP contribution < -0.4 is 4.74 Å². The molecule has 0 fully saturated rings. The first-order valence-corrected chi connectivity index (χ1v) is 6.85. The summed E-state index contributed by atoms with van der Waals surface area (Å²) in [5.74, 6) is 1.43. The van der Waals surface area contributed by atoms with Crippen LogP contribution in [-0.2, 0) is 16.0 Å². The summed E-state index contributed by atoms with van der Waals surface area (Å²) < 4.78 is 15.2. The van der Waals surface area contributed by atoms with Gasteiger partial charge in [-0.25, -0.2) is 0 Å². The van der Waals surface area contributed by atoms with Gasteiger partial charge in [-0.3, -0.25) is 4.79 Å². The molecule has 6 heteroatoms. The molecule has 2 aromatic rings. The molecule has 0 unspecified atom stereocenters. The number of benzene rings is 1. The Morgan fingerprint density at radius 3 is 2.71 bits per heavy atom. The lowest BCUT2D eigenvalue weighted by atomic mass is 10.2. The second kappa shape index (κ2) is 7.42. The Morgan fingerprint density at radius 2 is 2.05 bits per heavy atom. The van der Waals surface area contributed by atoms with Gasteiger partial charge in [0.1, 0.15) is 5.75 Å². The molecule has 0 N–H and O–H groups in total. The van der Waals surface area contributed by atoms with Crippen molar-refractivity contribution in [1.82, 2.24) is 10.1 Å². The van der Waals surface area contributed by atoms with Crippen molar-refractivity contribution in [2.45, 2.75) is 26.2 Å². The highest BCUT2D eigenvalue weighted by Crippen LogP contribution is 2.20. The van der Waals surface area contributed by atoms with Gasteiger partial charge in [0, 0.05) is 12.0 Å². The Bertz CT molecular complexity index is 578. The van der Waals surface area contributed by atoms with Crippen LogP contribution >= 0.6 is 0 Å². The van der Waals surface area contributed by atoms with E-state index in [1.807, 2.05) is 24.3 Å². The van der Waals surface area contributed by atoms with E-state index in [-0.39, 0.29) is 12.4 Å². The number of methoxy groups -OCH3 is 1. The summed E-state index contributed by atoms with van der Waals surface area (Å²) in [5.41, 5.74) is 0.840. The van der Waals surface area contributed by atoms with Crippen molar-refractivity contribution in [3.05, 3.63) is 30.2 Å². The van der Waals surface area contributed by atoms with E-state index in [9.17, 15) is 4.79 Å². The summed E-state index contributed by atoms with van der Waals surface area (Å²) in [6.07, 6.45) is 1.56. The average Bonchev–Trinajstić information content (AvgIpc) is 3.00. The van der Waals surface area contributed by atoms with E-state index in [1.165, 1.54) is 7.11 Å². The molecule has 0 aliphatic heterocycles. The average molecular weight is 290 g/mol. The van der Waals surface area contributed by atoms with E-state index in [0.29, 0.717) is 24.7 Å². The molecule has 0 bridgehead atoms. The first-order valence-electron chi connectivity index (χ1n) is 6.85. The van der Waals surface area contributed by atoms with Crippen molar-refractivity contribution in [3.8, 4) is 17.1 Å². The number of hydrogen-bond acceptors (Lipinski definition) is 6. The minimum Gasteiger partial charge on any atom is -0.494 e. The summed E-state index contributed by atoms with van der Waals surface area (Å²) in [6.45, 7) is 2.75. The van der Waals surface area contributed by atoms with Gasteiger partial charge in [-0.15, -0.1) is 0 Å². The van der Waals surface area contributed by atoms with Crippen molar-refractivity contribution in [2.75, 3.05) is 13.7 Å². The van der Waals surface area contributed by atoms with Crippen LogP contribution in [-0.4, -0.2) is 29.8 Å². The van der Waals surface area contributed by atoms with Crippen molar-refractivity contribution in [1.29, 1.82) is 0 Å². The molecule has 0 saturated carbocycles. The first kappa shape index (κ1) is 15.0. The fourth-order valence-corrected chi connectivity index (χ4v) is 1.70. The molecule has 21 heavy (non-hydrogen) atoms. The predicted molar refractivity (Wildman–Crippen MR) is 75.9 cm³/mol. The Hall–Kier alpha value is -2.37. The minimum atomic E-state index is -0.299. The molecular weight excluding hydrogens is 272 g/mol. The lowest BCUT2D eigenvalue weighted by molar-refractivity contribution is -0.140. The van der Waals surface area contributed by atoms with Gasteiger partial charge in [0.25, 0.3) is 0 Å². The van der Waals surface area contributed by atoms with Crippen molar-refractivity contribution in [2.24, 2.45) is 0 Å². The molecule has 0 aliphatic rings. The van der Waals surface area contributed by atoms with Crippen LogP contribution in [0.3, 0.4) is 0 Å². The summed E-state index contributed by atoms with van der Waals surface area (Å²) in [4.78, 5) is 15.3. The number of rotatable bonds is 7. The quantitative estimate of drug-likeness (QED) is 0.730. The van der Waals surface area contributed by atoms with E-state index in [4.69, 9.17) is 9.26 Å². The zero-order valence-corrected chi connectivity index (χ0v) is 12.2. The smallest absolute Gasteiger partial charge is 0.306 e. The Labute approximate surface area is 123 Å². The molecule has 6 nitrogen and oxygen atoms in total. The molecule has 1 heterocycles. The monoisotopic (exact) mass is 290 g/mol. The van der Waals surface area contributed by atoms with Crippen LogP contribution in [0.2, 0.25) is 0 Å². The number of aromatic nitrogens is 2. The molecule has 0 spiro atoms. The van der Waals surface area contributed by atoms with Crippen LogP contribution in [0.15, 0.2) is 28.8 Å².